The van der Waals surface area contributed by atoms with Crippen molar-refractivity contribution in [3.8, 4) is 0 Å². The predicted octanol–water partition coefficient (Wildman–Crippen LogP) is 6.54. The molecule has 0 saturated carbocycles. The Morgan fingerprint density at radius 2 is 1.50 bits per heavy atom. The molecule has 3 nitrogen and oxygen atoms in total. The van der Waals surface area contributed by atoms with Crippen LogP contribution in [0.2, 0.25) is 0 Å². The maximum atomic E-state index is 4.13. The zero-order chi connectivity index (χ0) is 22.3. The summed E-state index contributed by atoms with van der Waals surface area (Å²) in [6.07, 6.45) is 11.9. The minimum absolute atomic E-state index is 0.549. The summed E-state index contributed by atoms with van der Waals surface area (Å²) in [7, 11) is 0. The lowest BCUT2D eigenvalue weighted by molar-refractivity contribution is 0.159. The van der Waals surface area contributed by atoms with Crippen molar-refractivity contribution in [1.29, 1.82) is 0 Å². The quantitative estimate of drug-likeness (QED) is 0.395. The normalized spacial score (nSPS) is 37.7. The summed E-state index contributed by atoms with van der Waals surface area (Å²) in [6.45, 7) is 19.4. The molecule has 0 radical (unpaired) electrons. The summed E-state index contributed by atoms with van der Waals surface area (Å²) in [5, 5.41) is 4.13. The molecule has 9 atom stereocenters. The van der Waals surface area contributed by atoms with Crippen LogP contribution < -0.4 is 16.2 Å². The van der Waals surface area contributed by atoms with Gasteiger partial charge < -0.3 is 5.32 Å². The third-order valence-electron chi connectivity index (χ3n) is 8.90. The van der Waals surface area contributed by atoms with Crippen molar-refractivity contribution >= 4 is 0 Å². The first-order valence-electron chi connectivity index (χ1n) is 13.6. The molecule has 0 aromatic heterocycles. The minimum atomic E-state index is 0.549. The summed E-state index contributed by atoms with van der Waals surface area (Å²) in [5.41, 5.74) is 7.78. The van der Waals surface area contributed by atoms with Crippen LogP contribution in [-0.4, -0.2) is 24.2 Å². The van der Waals surface area contributed by atoms with Crippen molar-refractivity contribution in [2.75, 3.05) is 0 Å². The average molecular weight is 422 g/mol. The average Bonchev–Trinajstić information content (AvgIpc) is 3.15. The lowest BCUT2D eigenvalue weighted by atomic mass is 9.77. The molecule has 0 amide bonds. The van der Waals surface area contributed by atoms with Gasteiger partial charge in [0.05, 0.1) is 0 Å². The monoisotopic (exact) mass is 421 g/mol. The van der Waals surface area contributed by atoms with E-state index >= 15 is 0 Å². The first kappa shape index (κ1) is 26.1. The van der Waals surface area contributed by atoms with Gasteiger partial charge in [-0.25, -0.2) is 0 Å². The fourth-order valence-corrected chi connectivity index (χ4v) is 6.73. The Hall–Kier alpha value is -0.120. The Balaban J connectivity index is 2.13. The van der Waals surface area contributed by atoms with E-state index in [1.54, 1.807) is 0 Å². The molecule has 0 aliphatic carbocycles. The van der Waals surface area contributed by atoms with Gasteiger partial charge in [0.2, 0.25) is 0 Å². The number of nitrogens with one attached hydrogen (secondary N) is 3. The van der Waals surface area contributed by atoms with E-state index in [0.29, 0.717) is 24.2 Å². The van der Waals surface area contributed by atoms with Gasteiger partial charge in [-0.2, -0.15) is 0 Å². The van der Waals surface area contributed by atoms with Crippen molar-refractivity contribution in [3.05, 3.63) is 0 Å². The van der Waals surface area contributed by atoms with Gasteiger partial charge in [0.1, 0.15) is 0 Å². The van der Waals surface area contributed by atoms with Crippen molar-refractivity contribution in [1.82, 2.24) is 16.2 Å². The molecule has 0 spiro atoms. The van der Waals surface area contributed by atoms with Gasteiger partial charge in [-0.1, -0.05) is 81.1 Å². The molecule has 0 aromatic rings. The second kappa shape index (κ2) is 12.8. The van der Waals surface area contributed by atoms with Gasteiger partial charge in [-0.15, -0.1) is 0 Å². The third-order valence-corrected chi connectivity index (χ3v) is 8.90. The van der Waals surface area contributed by atoms with Crippen LogP contribution in [0.4, 0.5) is 0 Å². The van der Waals surface area contributed by atoms with Gasteiger partial charge in [-0.3, -0.25) is 10.9 Å². The van der Waals surface area contributed by atoms with Crippen LogP contribution >= 0.6 is 0 Å². The molecule has 2 fully saturated rings. The first-order valence-corrected chi connectivity index (χ1v) is 13.6. The molecule has 30 heavy (non-hydrogen) atoms. The fourth-order valence-electron chi connectivity index (χ4n) is 6.73. The Morgan fingerprint density at radius 1 is 0.833 bits per heavy atom. The molecule has 2 aliphatic rings. The molecule has 0 bridgehead atoms. The van der Waals surface area contributed by atoms with E-state index in [1.807, 2.05) is 0 Å². The van der Waals surface area contributed by atoms with E-state index < -0.39 is 0 Å². The summed E-state index contributed by atoms with van der Waals surface area (Å²) in [5.74, 6) is 4.69. The molecule has 2 saturated heterocycles. The van der Waals surface area contributed by atoms with E-state index in [0.717, 1.165) is 35.5 Å². The summed E-state index contributed by atoms with van der Waals surface area (Å²) < 4.78 is 0. The topological polar surface area (TPSA) is 36.1 Å². The largest absolute Gasteiger partial charge is 0.309 e. The standard InChI is InChI=1S/C27H55N3/c1-9-13-18(5)26-20(7)15-23(12-4)16-21(8)27-25(29-30-26)17-24(28-27)19(6)14-22(10-2)11-3/h18-30H,9-17H2,1-8H3. The highest BCUT2D eigenvalue weighted by molar-refractivity contribution is 5.00. The molecule has 3 N–H and O–H groups in total. The SMILES string of the molecule is CCCC(C)C1NNC2CC(C(C)CC(CC)CC)NC2C(C)CC(CC)CC1C. The number of fused-ring (bicyclic) bond motifs is 1. The maximum Gasteiger partial charge on any atom is 0.0384 e. The number of hydrogen-bond donors (Lipinski definition) is 3. The molecular formula is C27H55N3. The van der Waals surface area contributed by atoms with E-state index in [4.69, 9.17) is 0 Å². The Labute approximate surface area is 189 Å². The van der Waals surface area contributed by atoms with Crippen LogP contribution in [0.5, 0.6) is 0 Å². The third kappa shape index (κ3) is 6.94. The van der Waals surface area contributed by atoms with Crippen LogP contribution in [0.3, 0.4) is 0 Å². The van der Waals surface area contributed by atoms with Crippen LogP contribution in [0.25, 0.3) is 0 Å². The van der Waals surface area contributed by atoms with Crippen molar-refractivity contribution < 1.29 is 0 Å². The first-order chi connectivity index (χ1) is 14.3. The second-order valence-corrected chi connectivity index (χ2v) is 11.3. The highest BCUT2D eigenvalue weighted by atomic mass is 15.4. The molecule has 2 aliphatic heterocycles. The molecule has 2 rings (SSSR count). The van der Waals surface area contributed by atoms with Gasteiger partial charge in [0.15, 0.2) is 0 Å². The minimum Gasteiger partial charge on any atom is -0.309 e. The summed E-state index contributed by atoms with van der Waals surface area (Å²) in [4.78, 5) is 0. The van der Waals surface area contributed by atoms with Crippen molar-refractivity contribution in [2.24, 2.45) is 35.5 Å². The van der Waals surface area contributed by atoms with Crippen molar-refractivity contribution in [2.45, 2.75) is 137 Å². The number of hydrogen-bond acceptors (Lipinski definition) is 3. The van der Waals surface area contributed by atoms with Crippen molar-refractivity contribution in [3.63, 3.8) is 0 Å². The van der Waals surface area contributed by atoms with Crippen LogP contribution in [-0.2, 0) is 0 Å². The van der Waals surface area contributed by atoms with Crippen LogP contribution in [0.1, 0.15) is 113 Å². The predicted molar refractivity (Wildman–Crippen MR) is 132 cm³/mol. The summed E-state index contributed by atoms with van der Waals surface area (Å²) >= 11 is 0. The molecule has 3 heteroatoms. The Morgan fingerprint density at radius 3 is 2.10 bits per heavy atom. The Bertz CT molecular complexity index is 463. The van der Waals surface area contributed by atoms with E-state index in [2.05, 4.69) is 71.6 Å². The van der Waals surface area contributed by atoms with E-state index in [9.17, 15) is 0 Å². The maximum absolute atomic E-state index is 4.13. The second-order valence-electron chi connectivity index (χ2n) is 11.3. The Kier molecular flexibility index (Phi) is 11.1. The molecule has 9 unspecified atom stereocenters. The number of rotatable bonds is 9. The fraction of sp³-hybridized carbons (Fsp3) is 1.00. The lowest BCUT2D eigenvalue weighted by Gasteiger charge is -2.38. The molecule has 178 valence electrons. The van der Waals surface area contributed by atoms with Gasteiger partial charge >= 0.3 is 0 Å². The zero-order valence-corrected chi connectivity index (χ0v) is 21.6. The van der Waals surface area contributed by atoms with Gasteiger partial charge in [-0.05, 0) is 67.6 Å². The van der Waals surface area contributed by atoms with Gasteiger partial charge in [0.25, 0.3) is 0 Å². The highest BCUT2D eigenvalue weighted by Gasteiger charge is 2.41. The molecule has 2 heterocycles. The highest BCUT2D eigenvalue weighted by Crippen LogP contribution is 2.35. The molecule has 0 aromatic carbocycles. The smallest absolute Gasteiger partial charge is 0.0384 e. The van der Waals surface area contributed by atoms with Crippen LogP contribution in [0.15, 0.2) is 0 Å². The zero-order valence-electron chi connectivity index (χ0n) is 21.6. The van der Waals surface area contributed by atoms with Gasteiger partial charge in [0, 0.05) is 24.2 Å². The molecular weight excluding hydrogens is 366 g/mol. The number of hydrazine groups is 1. The summed E-state index contributed by atoms with van der Waals surface area (Å²) in [6, 6.07) is 2.38. The lowest BCUT2D eigenvalue weighted by Crippen LogP contribution is -2.56. The van der Waals surface area contributed by atoms with Crippen LogP contribution in [0, 0.1) is 35.5 Å². The van der Waals surface area contributed by atoms with E-state index in [1.165, 1.54) is 57.8 Å². The van der Waals surface area contributed by atoms with E-state index in [-0.39, 0.29) is 0 Å².